The van der Waals surface area contributed by atoms with Crippen LogP contribution < -0.4 is 0 Å². The van der Waals surface area contributed by atoms with Crippen molar-refractivity contribution in [2.24, 2.45) is 0 Å². The molecule has 0 aliphatic carbocycles. The molecule has 0 bridgehead atoms. The van der Waals surface area contributed by atoms with Crippen LogP contribution in [0.25, 0.3) is 0 Å². The standard InChI is InChI=1S/C5H9NO/c6-5-3-1-2-4-7-5/h6H,1-4H2. The Bertz CT molecular complexity index is 72.1. The lowest BCUT2D eigenvalue weighted by atomic mass is 10.2. The van der Waals surface area contributed by atoms with Gasteiger partial charge in [0.1, 0.15) is 0 Å². The molecule has 0 amide bonds. The molecule has 0 atom stereocenters. The number of hydrogen-bond acceptors (Lipinski definition) is 2. The zero-order valence-electron chi connectivity index (χ0n) is 4.24. The van der Waals surface area contributed by atoms with Gasteiger partial charge >= 0.3 is 0 Å². The van der Waals surface area contributed by atoms with E-state index < -0.39 is 0 Å². The summed E-state index contributed by atoms with van der Waals surface area (Å²) in [4.78, 5) is 0. The van der Waals surface area contributed by atoms with Crippen LogP contribution in [0.2, 0.25) is 0 Å². The van der Waals surface area contributed by atoms with Crippen molar-refractivity contribution in [2.75, 3.05) is 6.61 Å². The maximum atomic E-state index is 6.97. The number of ether oxygens (including phenoxy) is 1. The van der Waals surface area contributed by atoms with Gasteiger partial charge in [-0.3, -0.25) is 5.41 Å². The molecule has 1 aliphatic heterocycles. The van der Waals surface area contributed by atoms with E-state index in [0.29, 0.717) is 5.90 Å². The average Bonchev–Trinajstić information content (AvgIpc) is 1.69. The van der Waals surface area contributed by atoms with E-state index in [1.165, 1.54) is 0 Å². The highest BCUT2D eigenvalue weighted by atomic mass is 16.5. The molecular weight excluding hydrogens is 90.1 g/mol. The SMILES string of the molecule is N=C1CCCCO1. The minimum absolute atomic E-state index is 0.464. The van der Waals surface area contributed by atoms with Crippen LogP contribution in [0.5, 0.6) is 0 Å². The van der Waals surface area contributed by atoms with Gasteiger partial charge in [0.15, 0.2) is 5.90 Å². The summed E-state index contributed by atoms with van der Waals surface area (Å²) in [5.74, 6) is 0.464. The molecule has 1 rings (SSSR count). The van der Waals surface area contributed by atoms with Crippen molar-refractivity contribution in [3.05, 3.63) is 0 Å². The lowest BCUT2D eigenvalue weighted by molar-refractivity contribution is 0.257. The van der Waals surface area contributed by atoms with Crippen LogP contribution in [0.3, 0.4) is 0 Å². The summed E-state index contributed by atoms with van der Waals surface area (Å²) in [6.07, 6.45) is 3.11. The van der Waals surface area contributed by atoms with Crippen molar-refractivity contribution in [1.29, 1.82) is 5.41 Å². The van der Waals surface area contributed by atoms with Crippen LogP contribution >= 0.6 is 0 Å². The predicted molar refractivity (Wildman–Crippen MR) is 27.5 cm³/mol. The summed E-state index contributed by atoms with van der Waals surface area (Å²) in [6.45, 7) is 0.763. The topological polar surface area (TPSA) is 33.1 Å². The maximum absolute atomic E-state index is 6.97. The Hall–Kier alpha value is -0.530. The molecule has 2 heteroatoms. The lowest BCUT2D eigenvalue weighted by Gasteiger charge is -2.11. The van der Waals surface area contributed by atoms with Crippen molar-refractivity contribution in [3.8, 4) is 0 Å². The van der Waals surface area contributed by atoms with E-state index in [-0.39, 0.29) is 0 Å². The van der Waals surface area contributed by atoms with Crippen molar-refractivity contribution in [1.82, 2.24) is 0 Å². The third kappa shape index (κ3) is 1.18. The number of hydrogen-bond donors (Lipinski definition) is 1. The Kier molecular flexibility index (Phi) is 1.29. The molecule has 0 radical (unpaired) electrons. The first kappa shape index (κ1) is 4.62. The van der Waals surface area contributed by atoms with Crippen LogP contribution in [0.15, 0.2) is 0 Å². The van der Waals surface area contributed by atoms with E-state index in [1.54, 1.807) is 0 Å². The Morgan fingerprint density at radius 2 is 2.29 bits per heavy atom. The van der Waals surface area contributed by atoms with Crippen LogP contribution in [0.1, 0.15) is 19.3 Å². The Morgan fingerprint density at radius 3 is 2.57 bits per heavy atom. The third-order valence-electron chi connectivity index (χ3n) is 1.07. The molecule has 0 saturated carbocycles. The molecule has 0 aromatic rings. The molecule has 1 saturated heterocycles. The molecule has 2 nitrogen and oxygen atoms in total. The van der Waals surface area contributed by atoms with Crippen molar-refractivity contribution in [2.45, 2.75) is 19.3 Å². The average molecular weight is 99.1 g/mol. The second-order valence-corrected chi connectivity index (χ2v) is 1.73. The lowest BCUT2D eigenvalue weighted by Crippen LogP contribution is -2.10. The largest absolute Gasteiger partial charge is 0.481 e. The first-order chi connectivity index (χ1) is 3.39. The van der Waals surface area contributed by atoms with E-state index in [9.17, 15) is 0 Å². The van der Waals surface area contributed by atoms with Gasteiger partial charge in [0.2, 0.25) is 0 Å². The Morgan fingerprint density at radius 1 is 1.43 bits per heavy atom. The zero-order valence-corrected chi connectivity index (χ0v) is 4.24. The van der Waals surface area contributed by atoms with Gasteiger partial charge < -0.3 is 4.74 Å². The quantitative estimate of drug-likeness (QED) is 0.485. The first-order valence-corrected chi connectivity index (χ1v) is 2.60. The fourth-order valence-corrected chi connectivity index (χ4v) is 0.655. The minimum Gasteiger partial charge on any atom is -0.481 e. The van der Waals surface area contributed by atoms with Gasteiger partial charge in [-0.05, 0) is 12.8 Å². The second kappa shape index (κ2) is 1.96. The zero-order chi connectivity index (χ0) is 5.11. The van der Waals surface area contributed by atoms with Crippen LogP contribution in [-0.2, 0) is 4.74 Å². The summed E-state index contributed by atoms with van der Waals surface area (Å²) in [5, 5.41) is 6.97. The van der Waals surface area contributed by atoms with Gasteiger partial charge in [-0.2, -0.15) is 0 Å². The maximum Gasteiger partial charge on any atom is 0.180 e. The third-order valence-corrected chi connectivity index (χ3v) is 1.07. The van der Waals surface area contributed by atoms with Gasteiger partial charge in [-0.25, -0.2) is 0 Å². The van der Waals surface area contributed by atoms with Crippen molar-refractivity contribution >= 4 is 5.90 Å². The van der Waals surface area contributed by atoms with Crippen molar-refractivity contribution in [3.63, 3.8) is 0 Å². The van der Waals surface area contributed by atoms with E-state index in [0.717, 1.165) is 25.9 Å². The first-order valence-electron chi connectivity index (χ1n) is 2.60. The van der Waals surface area contributed by atoms with Crippen LogP contribution in [-0.4, -0.2) is 12.5 Å². The molecule has 1 aliphatic rings. The molecular formula is C5H9NO. The highest BCUT2D eigenvalue weighted by molar-refractivity contribution is 5.72. The molecule has 1 heterocycles. The Labute approximate surface area is 43.0 Å². The van der Waals surface area contributed by atoms with Crippen LogP contribution in [0.4, 0.5) is 0 Å². The Balaban J connectivity index is 2.25. The number of rotatable bonds is 0. The smallest absolute Gasteiger partial charge is 0.180 e. The fourth-order valence-electron chi connectivity index (χ4n) is 0.655. The van der Waals surface area contributed by atoms with Gasteiger partial charge in [0.05, 0.1) is 6.61 Å². The molecule has 1 fully saturated rings. The predicted octanol–water partition coefficient (Wildman–Crippen LogP) is 1.16. The minimum atomic E-state index is 0.464. The molecule has 0 spiro atoms. The molecule has 7 heavy (non-hydrogen) atoms. The van der Waals surface area contributed by atoms with Gasteiger partial charge in [-0.15, -0.1) is 0 Å². The van der Waals surface area contributed by atoms with E-state index in [1.807, 2.05) is 0 Å². The highest BCUT2D eigenvalue weighted by Crippen LogP contribution is 2.04. The normalized spacial score (nSPS) is 21.4. The summed E-state index contributed by atoms with van der Waals surface area (Å²) in [5.41, 5.74) is 0. The molecule has 0 aromatic heterocycles. The summed E-state index contributed by atoms with van der Waals surface area (Å²) in [7, 11) is 0. The van der Waals surface area contributed by atoms with Gasteiger partial charge in [0.25, 0.3) is 0 Å². The number of nitrogens with one attached hydrogen (secondary N) is 1. The van der Waals surface area contributed by atoms with Gasteiger partial charge in [0, 0.05) is 6.42 Å². The van der Waals surface area contributed by atoms with E-state index >= 15 is 0 Å². The fraction of sp³-hybridized carbons (Fsp3) is 0.800. The van der Waals surface area contributed by atoms with Crippen molar-refractivity contribution < 1.29 is 4.74 Å². The highest BCUT2D eigenvalue weighted by Gasteiger charge is 2.02. The molecule has 0 aromatic carbocycles. The molecule has 40 valence electrons. The van der Waals surface area contributed by atoms with E-state index in [2.05, 4.69) is 0 Å². The van der Waals surface area contributed by atoms with E-state index in [4.69, 9.17) is 10.1 Å². The summed E-state index contributed by atoms with van der Waals surface area (Å²) < 4.78 is 4.86. The van der Waals surface area contributed by atoms with Crippen LogP contribution in [0, 0.1) is 5.41 Å². The van der Waals surface area contributed by atoms with Gasteiger partial charge in [-0.1, -0.05) is 0 Å². The monoisotopic (exact) mass is 99.1 g/mol. The summed E-state index contributed by atoms with van der Waals surface area (Å²) in [6, 6.07) is 0. The summed E-state index contributed by atoms with van der Waals surface area (Å²) >= 11 is 0. The molecule has 1 N–H and O–H groups in total. The second-order valence-electron chi connectivity index (χ2n) is 1.73. The molecule has 0 unspecified atom stereocenters.